The summed E-state index contributed by atoms with van der Waals surface area (Å²) in [6, 6.07) is 27.5. The number of hydrogen-bond acceptors (Lipinski definition) is 4. The molecule has 0 bridgehead atoms. The van der Waals surface area contributed by atoms with Gasteiger partial charge in [0.05, 0.1) is 31.1 Å². The van der Waals surface area contributed by atoms with E-state index in [2.05, 4.69) is 27.6 Å². The molecular weight excluding hydrogens is 660 g/mol. The average molecular weight is 684 g/mol. The van der Waals surface area contributed by atoms with Crippen LogP contribution in [0.3, 0.4) is 0 Å². The molecule has 0 amide bonds. The van der Waals surface area contributed by atoms with Crippen LogP contribution in [0.4, 0.5) is 14.4 Å². The fourth-order valence-electron chi connectivity index (χ4n) is 5.72. The third-order valence-electron chi connectivity index (χ3n) is 7.75. The maximum atomic E-state index is 17.5. The van der Waals surface area contributed by atoms with Gasteiger partial charge in [-0.25, -0.2) is 0 Å². The van der Waals surface area contributed by atoms with E-state index < -0.39 is 6.97 Å². The molecule has 0 radical (unpaired) electrons. The number of fused-ring (bicyclic) bond motifs is 2. The van der Waals surface area contributed by atoms with Crippen molar-refractivity contribution < 1.29 is 22.6 Å². The highest BCUT2D eigenvalue weighted by atomic mass is 127. The highest BCUT2D eigenvalue weighted by Gasteiger charge is 2.54. The van der Waals surface area contributed by atoms with Crippen LogP contribution in [0.1, 0.15) is 11.1 Å². The SMILES string of the molecule is COc1ccc(C2=[N+]3C(=Nc4c(-c5cccnc5)c(I)c(-c5ccc(OC)cc5)n4[B-]3(F)F)C(c3ccccc3)=C2)cc1. The highest BCUT2D eigenvalue weighted by Crippen LogP contribution is 2.49. The molecule has 6 nitrogen and oxygen atoms in total. The van der Waals surface area contributed by atoms with Crippen molar-refractivity contribution >= 4 is 52.5 Å². The minimum absolute atomic E-state index is 0.192. The van der Waals surface area contributed by atoms with Gasteiger partial charge in [-0.3, -0.25) is 4.98 Å². The van der Waals surface area contributed by atoms with Gasteiger partial charge in [0, 0.05) is 32.8 Å². The summed E-state index contributed by atoms with van der Waals surface area (Å²) in [5.74, 6) is 1.68. The molecule has 3 aromatic carbocycles. The largest absolute Gasteiger partial charge is 0.642 e. The van der Waals surface area contributed by atoms with E-state index in [1.165, 1.54) is 0 Å². The summed E-state index contributed by atoms with van der Waals surface area (Å²) in [6.07, 6.45) is 5.16. The van der Waals surface area contributed by atoms with Crippen LogP contribution in [0.2, 0.25) is 0 Å². The van der Waals surface area contributed by atoms with E-state index in [1.54, 1.807) is 87.3 Å². The van der Waals surface area contributed by atoms with Crippen LogP contribution in [0, 0.1) is 3.57 Å². The molecule has 7 rings (SSSR count). The average Bonchev–Trinajstić information content (AvgIpc) is 3.58. The maximum Gasteiger partial charge on any atom is 0.642 e. The number of aliphatic imine (C=N–C) groups is 1. The van der Waals surface area contributed by atoms with Crippen molar-refractivity contribution in [3.63, 3.8) is 0 Å². The van der Waals surface area contributed by atoms with Gasteiger partial charge in [-0.15, -0.1) is 0 Å². The van der Waals surface area contributed by atoms with Crippen LogP contribution in [0.15, 0.2) is 114 Å². The number of benzene rings is 3. The molecule has 212 valence electrons. The molecule has 10 heteroatoms. The zero-order valence-electron chi connectivity index (χ0n) is 23.2. The number of hydrogen-bond donors (Lipinski definition) is 0. The predicted molar refractivity (Wildman–Crippen MR) is 175 cm³/mol. The highest BCUT2D eigenvalue weighted by molar-refractivity contribution is 14.1. The van der Waals surface area contributed by atoms with Gasteiger partial charge in [-0.05, 0) is 99.4 Å². The molecule has 5 aromatic rings. The van der Waals surface area contributed by atoms with Gasteiger partial charge in [0.25, 0.3) is 5.84 Å². The van der Waals surface area contributed by atoms with Gasteiger partial charge in [0.1, 0.15) is 11.5 Å². The number of halogens is 3. The Labute approximate surface area is 260 Å². The second-order valence-corrected chi connectivity index (χ2v) is 11.2. The van der Waals surface area contributed by atoms with Gasteiger partial charge >= 0.3 is 6.97 Å². The molecule has 4 heterocycles. The normalized spacial score (nSPS) is 15.0. The summed E-state index contributed by atoms with van der Waals surface area (Å²) in [4.78, 5) is 9.35. The molecule has 0 unspecified atom stereocenters. The Morgan fingerprint density at radius 3 is 2.00 bits per heavy atom. The van der Waals surface area contributed by atoms with Crippen molar-refractivity contribution in [2.45, 2.75) is 0 Å². The number of pyridine rings is 1. The van der Waals surface area contributed by atoms with Crippen molar-refractivity contribution in [1.29, 1.82) is 0 Å². The molecule has 0 spiro atoms. The minimum atomic E-state index is -4.44. The monoisotopic (exact) mass is 684 g/mol. The van der Waals surface area contributed by atoms with E-state index in [1.807, 2.05) is 36.4 Å². The second kappa shape index (κ2) is 10.6. The fourth-order valence-corrected chi connectivity index (χ4v) is 6.84. The number of rotatable bonds is 6. The van der Waals surface area contributed by atoms with Crippen molar-refractivity contribution in [2.24, 2.45) is 4.99 Å². The lowest BCUT2D eigenvalue weighted by Crippen LogP contribution is -2.53. The summed E-state index contributed by atoms with van der Waals surface area (Å²) < 4.78 is 48.5. The predicted octanol–water partition coefficient (Wildman–Crippen LogP) is 7.70. The molecule has 2 aliphatic heterocycles. The standard InChI is InChI=1S/C33H24BF2IN4O2/c1-42-25-14-10-22(11-15-25)28-19-27(21-7-4-3-5-8-21)32-39-33-29(24-9-6-18-38-20-24)30(37)31(41(33)34(35,36)40(28)32)23-12-16-26(43-2)17-13-23/h3-20H,1-2H3. The third kappa shape index (κ3) is 4.39. The van der Waals surface area contributed by atoms with E-state index in [9.17, 15) is 0 Å². The van der Waals surface area contributed by atoms with Gasteiger partial charge in [-0.1, -0.05) is 36.4 Å². The number of amidine groups is 1. The van der Waals surface area contributed by atoms with E-state index in [-0.39, 0.29) is 11.7 Å². The minimum Gasteiger partial charge on any atom is -0.497 e. The van der Waals surface area contributed by atoms with E-state index in [0.29, 0.717) is 54.3 Å². The first kappa shape index (κ1) is 27.3. The zero-order chi connectivity index (χ0) is 29.7. The number of methoxy groups -OCH3 is 2. The van der Waals surface area contributed by atoms with Crippen molar-refractivity contribution in [3.8, 4) is 33.9 Å². The molecule has 0 saturated carbocycles. The summed E-state index contributed by atoms with van der Waals surface area (Å²) in [7, 11) is 3.15. The van der Waals surface area contributed by atoms with E-state index in [0.717, 1.165) is 14.5 Å². The van der Waals surface area contributed by atoms with E-state index in [4.69, 9.17) is 14.5 Å². The van der Waals surface area contributed by atoms with Crippen molar-refractivity contribution in [1.82, 2.24) is 9.46 Å². The van der Waals surface area contributed by atoms with Crippen molar-refractivity contribution in [3.05, 3.63) is 124 Å². The lowest BCUT2D eigenvalue weighted by molar-refractivity contribution is -0.291. The van der Waals surface area contributed by atoms with Gasteiger partial charge < -0.3 is 27.1 Å². The summed E-state index contributed by atoms with van der Waals surface area (Å²) in [6.45, 7) is -4.44. The Hall–Kier alpha value is -4.58. The van der Waals surface area contributed by atoms with Crippen molar-refractivity contribution in [2.75, 3.05) is 14.2 Å². The Morgan fingerprint density at radius 1 is 0.767 bits per heavy atom. The molecule has 0 aliphatic carbocycles. The molecule has 2 aromatic heterocycles. The summed E-state index contributed by atoms with van der Waals surface area (Å²) in [5.41, 5.74) is 4.75. The Balaban J connectivity index is 1.56. The maximum absolute atomic E-state index is 17.5. The first-order valence-electron chi connectivity index (χ1n) is 13.6. The Morgan fingerprint density at radius 2 is 1.40 bits per heavy atom. The molecule has 43 heavy (non-hydrogen) atoms. The first-order chi connectivity index (χ1) is 20.9. The molecule has 0 fully saturated rings. The van der Waals surface area contributed by atoms with Crippen LogP contribution < -0.4 is 9.47 Å². The summed E-state index contributed by atoms with van der Waals surface area (Å²) >= 11 is 2.16. The first-order valence-corrected chi connectivity index (χ1v) is 14.7. The van der Waals surface area contributed by atoms with Crippen LogP contribution in [0.25, 0.3) is 28.0 Å². The molecule has 0 atom stereocenters. The molecule has 0 N–H and O–H groups in total. The van der Waals surface area contributed by atoms with Gasteiger partial charge in [0.15, 0.2) is 0 Å². The molecule has 0 saturated heterocycles. The number of aromatic nitrogens is 2. The topological polar surface area (TPSA) is 51.6 Å². The Bertz CT molecular complexity index is 1950. The lowest BCUT2D eigenvalue weighted by Gasteiger charge is -2.32. The number of ether oxygens (including phenoxy) is 2. The van der Waals surface area contributed by atoms with Crippen LogP contribution in [-0.2, 0) is 0 Å². The lowest BCUT2D eigenvalue weighted by atomic mass is 9.91. The van der Waals surface area contributed by atoms with Gasteiger partial charge in [-0.2, -0.15) is 0 Å². The van der Waals surface area contributed by atoms with Crippen LogP contribution in [0.5, 0.6) is 11.5 Å². The molecule has 2 aliphatic rings. The molecular formula is C33H24BF2IN4O2. The van der Waals surface area contributed by atoms with Crippen LogP contribution in [-0.4, -0.2) is 46.7 Å². The second-order valence-electron chi connectivity index (χ2n) is 10.1. The number of allylic oxidation sites excluding steroid dienone is 1. The number of nitrogens with zero attached hydrogens (tertiary/aromatic N) is 4. The fraction of sp³-hybridized carbons (Fsp3) is 0.0606. The van der Waals surface area contributed by atoms with E-state index >= 15 is 8.63 Å². The quantitative estimate of drug-likeness (QED) is 0.136. The van der Waals surface area contributed by atoms with Gasteiger partial charge in [0.2, 0.25) is 5.82 Å². The Kier molecular flexibility index (Phi) is 6.73. The zero-order valence-corrected chi connectivity index (χ0v) is 25.4. The van der Waals surface area contributed by atoms with Crippen LogP contribution >= 0.6 is 22.6 Å². The summed E-state index contributed by atoms with van der Waals surface area (Å²) in [5, 5.41) is 0. The third-order valence-corrected chi connectivity index (χ3v) is 8.80. The smallest absolute Gasteiger partial charge is 0.497 e.